The van der Waals surface area contributed by atoms with Gasteiger partial charge in [0.25, 0.3) is 0 Å². The molecule has 0 saturated heterocycles. The molecule has 122 valence electrons. The summed E-state index contributed by atoms with van der Waals surface area (Å²) in [7, 11) is 0. The lowest BCUT2D eigenvalue weighted by Gasteiger charge is -2.29. The second-order valence-corrected chi connectivity index (χ2v) is 6.21. The van der Waals surface area contributed by atoms with E-state index in [-0.39, 0.29) is 13.0 Å². The van der Waals surface area contributed by atoms with Crippen molar-refractivity contribution < 1.29 is 24.7 Å². The van der Waals surface area contributed by atoms with Gasteiger partial charge >= 0.3 is 5.97 Å². The molecule has 3 N–H and O–H groups in total. The fourth-order valence-corrected chi connectivity index (χ4v) is 1.93. The zero-order valence-corrected chi connectivity index (χ0v) is 13.1. The molecule has 2 amide bonds. The fourth-order valence-electron chi connectivity index (χ4n) is 1.93. The van der Waals surface area contributed by atoms with E-state index in [4.69, 9.17) is 0 Å². The molecule has 0 spiro atoms. The number of amides is 2. The summed E-state index contributed by atoms with van der Waals surface area (Å²) >= 11 is 0. The molecule has 0 aliphatic rings. The maximum Gasteiger partial charge on any atom is 0.326 e. The zero-order chi connectivity index (χ0) is 16.6. The van der Waals surface area contributed by atoms with Gasteiger partial charge in [-0.05, 0) is 11.8 Å². The molecule has 0 aromatic heterocycles. The van der Waals surface area contributed by atoms with Crippen LogP contribution < -0.4 is 5.32 Å². The Morgan fingerprint density at radius 2 is 1.90 bits per heavy atom. The first-order valence-electron chi connectivity index (χ1n) is 7.07. The van der Waals surface area contributed by atoms with Crippen LogP contribution in [0.4, 0.5) is 0 Å². The quantitative estimate of drug-likeness (QED) is 0.337. The smallest absolute Gasteiger partial charge is 0.326 e. The van der Waals surface area contributed by atoms with Gasteiger partial charge in [-0.15, -0.1) is 0 Å². The Hall–Kier alpha value is -1.63. The molecule has 7 nitrogen and oxygen atoms in total. The van der Waals surface area contributed by atoms with Crippen molar-refractivity contribution in [1.29, 1.82) is 0 Å². The number of carbonyl (C=O) groups is 3. The largest absolute Gasteiger partial charge is 0.480 e. The van der Waals surface area contributed by atoms with Crippen molar-refractivity contribution >= 4 is 18.3 Å². The molecular weight excluding hydrogens is 276 g/mol. The Morgan fingerprint density at radius 1 is 1.33 bits per heavy atom. The van der Waals surface area contributed by atoms with E-state index < -0.39 is 29.3 Å². The summed E-state index contributed by atoms with van der Waals surface area (Å²) in [5.74, 6) is -2.21. The number of nitrogens with zero attached hydrogens (tertiary/aromatic N) is 1. The van der Waals surface area contributed by atoms with Crippen LogP contribution in [0.3, 0.4) is 0 Å². The normalized spacial score (nSPS) is 14.1. The van der Waals surface area contributed by atoms with Crippen LogP contribution in [0.1, 0.15) is 47.0 Å². The van der Waals surface area contributed by atoms with Crippen molar-refractivity contribution in [1.82, 2.24) is 10.4 Å². The first-order valence-corrected chi connectivity index (χ1v) is 7.07. The summed E-state index contributed by atoms with van der Waals surface area (Å²) < 4.78 is 0. The molecule has 0 radical (unpaired) electrons. The van der Waals surface area contributed by atoms with E-state index in [1.165, 1.54) is 0 Å². The maximum atomic E-state index is 12.2. The van der Waals surface area contributed by atoms with E-state index >= 15 is 0 Å². The molecule has 0 aliphatic heterocycles. The van der Waals surface area contributed by atoms with Crippen LogP contribution in [0.15, 0.2) is 0 Å². The van der Waals surface area contributed by atoms with Gasteiger partial charge in [0.2, 0.25) is 12.3 Å². The number of aliphatic carboxylic acids is 1. The molecule has 0 aliphatic carbocycles. The molecule has 0 saturated carbocycles. The Balaban J connectivity index is 4.92. The summed E-state index contributed by atoms with van der Waals surface area (Å²) in [5, 5.41) is 21.4. The molecule has 0 rings (SSSR count). The predicted molar refractivity (Wildman–Crippen MR) is 76.6 cm³/mol. The summed E-state index contributed by atoms with van der Waals surface area (Å²) in [5.41, 5.74) is -0.639. The second-order valence-electron chi connectivity index (χ2n) is 6.21. The molecule has 0 heterocycles. The summed E-state index contributed by atoms with van der Waals surface area (Å²) in [6.07, 6.45) is 2.31. The number of hydroxylamine groups is 2. The van der Waals surface area contributed by atoms with Crippen molar-refractivity contribution in [2.24, 2.45) is 11.3 Å². The van der Waals surface area contributed by atoms with E-state index in [0.717, 1.165) is 12.8 Å². The van der Waals surface area contributed by atoms with Crippen molar-refractivity contribution in [3.05, 3.63) is 0 Å². The monoisotopic (exact) mass is 302 g/mol. The minimum atomic E-state index is -1.11. The number of carboxylic acids is 1. The Kier molecular flexibility index (Phi) is 7.94. The number of rotatable bonds is 9. The van der Waals surface area contributed by atoms with Gasteiger partial charge < -0.3 is 10.4 Å². The van der Waals surface area contributed by atoms with Gasteiger partial charge in [0.05, 0.1) is 12.5 Å². The minimum absolute atomic E-state index is 0.147. The zero-order valence-electron chi connectivity index (χ0n) is 13.1. The summed E-state index contributed by atoms with van der Waals surface area (Å²) in [4.78, 5) is 34.0. The highest BCUT2D eigenvalue weighted by Crippen LogP contribution is 2.20. The van der Waals surface area contributed by atoms with Crippen LogP contribution >= 0.6 is 0 Å². The molecule has 0 fully saturated rings. The second kappa shape index (κ2) is 8.61. The van der Waals surface area contributed by atoms with Gasteiger partial charge in [0.1, 0.15) is 6.04 Å². The number of carboxylic acid groups (broad SMARTS) is 1. The van der Waals surface area contributed by atoms with Gasteiger partial charge in [-0.3, -0.25) is 14.8 Å². The highest BCUT2D eigenvalue weighted by atomic mass is 16.5. The van der Waals surface area contributed by atoms with Gasteiger partial charge in [0, 0.05) is 0 Å². The van der Waals surface area contributed by atoms with Crippen LogP contribution in [0.25, 0.3) is 0 Å². The number of unbranched alkanes of at least 4 members (excludes halogenated alkanes) is 1. The highest BCUT2D eigenvalue weighted by Gasteiger charge is 2.34. The van der Waals surface area contributed by atoms with Crippen molar-refractivity contribution in [3.8, 4) is 0 Å². The predicted octanol–water partition coefficient (Wildman–Crippen LogP) is 1.26. The molecule has 0 aromatic rings. The maximum absolute atomic E-state index is 12.2. The van der Waals surface area contributed by atoms with Crippen LogP contribution in [-0.4, -0.2) is 46.3 Å². The van der Waals surface area contributed by atoms with Crippen molar-refractivity contribution in [2.75, 3.05) is 6.54 Å². The first-order chi connectivity index (χ1) is 9.63. The van der Waals surface area contributed by atoms with E-state index in [1.54, 1.807) is 20.8 Å². The van der Waals surface area contributed by atoms with Gasteiger partial charge in [-0.2, -0.15) is 0 Å². The molecule has 7 heteroatoms. The van der Waals surface area contributed by atoms with Crippen LogP contribution in [-0.2, 0) is 14.4 Å². The fraction of sp³-hybridized carbons (Fsp3) is 0.786. The summed E-state index contributed by atoms with van der Waals surface area (Å²) in [6, 6.07) is -1.03. The molecule has 0 unspecified atom stereocenters. The molecule has 0 bridgehead atoms. The SMILES string of the molecule is CCCC[C@H](CN(O)C=O)C(=O)N[C@H](C(=O)O)C(C)(C)C. The van der Waals surface area contributed by atoms with E-state index in [2.05, 4.69) is 5.32 Å². The highest BCUT2D eigenvalue weighted by molar-refractivity contribution is 5.85. The minimum Gasteiger partial charge on any atom is -0.480 e. The lowest BCUT2D eigenvalue weighted by atomic mass is 9.86. The molecular formula is C14H26N2O5. The average molecular weight is 302 g/mol. The van der Waals surface area contributed by atoms with Crippen LogP contribution in [0, 0.1) is 11.3 Å². The standard InChI is InChI=1S/C14H26N2O5/c1-5-6-7-10(8-16(21)9-17)12(18)15-11(13(19)20)14(2,3)4/h9-11,21H,5-8H2,1-4H3,(H,15,18)(H,19,20)/t10-,11-/m1/s1. The summed E-state index contributed by atoms with van der Waals surface area (Å²) in [6.45, 7) is 6.97. The Morgan fingerprint density at radius 3 is 2.29 bits per heavy atom. The number of hydrogen-bond acceptors (Lipinski definition) is 4. The Bertz CT molecular complexity index is 365. The average Bonchev–Trinajstić information content (AvgIpc) is 2.38. The third kappa shape index (κ3) is 7.08. The third-order valence-electron chi connectivity index (χ3n) is 3.21. The molecule has 0 aromatic carbocycles. The van der Waals surface area contributed by atoms with Gasteiger partial charge in [-0.25, -0.2) is 9.86 Å². The number of hydrogen-bond donors (Lipinski definition) is 3. The van der Waals surface area contributed by atoms with E-state index in [9.17, 15) is 24.7 Å². The van der Waals surface area contributed by atoms with Crippen molar-refractivity contribution in [3.63, 3.8) is 0 Å². The van der Waals surface area contributed by atoms with Gasteiger partial charge in [-0.1, -0.05) is 40.5 Å². The number of nitrogens with one attached hydrogen (secondary N) is 1. The lowest BCUT2D eigenvalue weighted by molar-refractivity contribution is -0.156. The molecule has 21 heavy (non-hydrogen) atoms. The van der Waals surface area contributed by atoms with Crippen molar-refractivity contribution in [2.45, 2.75) is 53.0 Å². The topological polar surface area (TPSA) is 107 Å². The van der Waals surface area contributed by atoms with Gasteiger partial charge in [0.15, 0.2) is 0 Å². The number of carbonyl (C=O) groups excluding carboxylic acids is 2. The van der Waals surface area contributed by atoms with E-state index in [0.29, 0.717) is 11.5 Å². The third-order valence-corrected chi connectivity index (χ3v) is 3.21. The lowest BCUT2D eigenvalue weighted by Crippen LogP contribution is -2.51. The molecule has 2 atom stereocenters. The van der Waals surface area contributed by atoms with E-state index in [1.807, 2.05) is 6.92 Å². The van der Waals surface area contributed by atoms with Crippen LogP contribution in [0.5, 0.6) is 0 Å². The Labute approximate surface area is 125 Å². The van der Waals surface area contributed by atoms with Crippen LogP contribution in [0.2, 0.25) is 0 Å². The first kappa shape index (κ1) is 19.4.